The van der Waals surface area contributed by atoms with E-state index in [4.69, 9.17) is 0 Å². The Morgan fingerprint density at radius 2 is 2.10 bits per heavy atom. The van der Waals surface area contributed by atoms with Crippen molar-refractivity contribution in [3.63, 3.8) is 0 Å². The van der Waals surface area contributed by atoms with Crippen molar-refractivity contribution < 1.29 is 4.79 Å². The lowest BCUT2D eigenvalue weighted by Gasteiger charge is -2.07. The van der Waals surface area contributed by atoms with Crippen LogP contribution in [-0.4, -0.2) is 15.8 Å². The largest absolute Gasteiger partial charge is 0.340 e. The monoisotopic (exact) mass is 283 g/mol. The average molecular weight is 283 g/mol. The van der Waals surface area contributed by atoms with Gasteiger partial charge >= 0.3 is 0 Å². The summed E-state index contributed by atoms with van der Waals surface area (Å²) in [5, 5.41) is 4.26. The highest BCUT2D eigenvalue weighted by atomic mass is 32.1. The van der Waals surface area contributed by atoms with E-state index in [0.29, 0.717) is 5.56 Å². The summed E-state index contributed by atoms with van der Waals surface area (Å²) in [4.78, 5) is 22.1. The predicted molar refractivity (Wildman–Crippen MR) is 81.9 cm³/mol. The zero-order valence-corrected chi connectivity index (χ0v) is 12.0. The number of aromatic nitrogens is 2. The molecule has 0 fully saturated rings. The van der Waals surface area contributed by atoms with E-state index in [9.17, 15) is 4.79 Å². The minimum absolute atomic E-state index is 0.0489. The number of hydrogen-bond donors (Lipinski definition) is 1. The summed E-state index contributed by atoms with van der Waals surface area (Å²) in [5.74, 6) is 0.813. The number of benzene rings is 1. The molecular formula is C15H13N3OS. The van der Waals surface area contributed by atoms with Gasteiger partial charge in [-0.2, -0.15) is 0 Å². The Hall–Kier alpha value is -2.27. The first-order valence-electron chi connectivity index (χ1n) is 6.22. The number of nitrogens with one attached hydrogen (secondary N) is 1. The van der Waals surface area contributed by atoms with Crippen molar-refractivity contribution >= 4 is 38.8 Å². The highest BCUT2D eigenvalue weighted by Gasteiger charge is 2.08. The van der Waals surface area contributed by atoms with Crippen LogP contribution in [0.4, 0.5) is 11.5 Å². The number of nitrogens with zero attached hydrogens (tertiary/aromatic N) is 2. The quantitative estimate of drug-likeness (QED) is 0.740. The topological polar surface area (TPSA) is 54.9 Å². The maximum absolute atomic E-state index is 11.4. The van der Waals surface area contributed by atoms with Gasteiger partial charge in [0.15, 0.2) is 5.78 Å². The van der Waals surface area contributed by atoms with Crippen LogP contribution in [0.1, 0.15) is 22.2 Å². The van der Waals surface area contributed by atoms with Gasteiger partial charge in [-0.15, -0.1) is 11.3 Å². The van der Waals surface area contributed by atoms with Crippen LogP contribution in [-0.2, 0) is 0 Å². The van der Waals surface area contributed by atoms with Crippen molar-refractivity contribution in [3.8, 4) is 0 Å². The highest BCUT2D eigenvalue weighted by molar-refractivity contribution is 7.18. The lowest BCUT2D eigenvalue weighted by molar-refractivity contribution is 0.101. The van der Waals surface area contributed by atoms with Gasteiger partial charge in [-0.25, -0.2) is 9.97 Å². The molecule has 0 amide bonds. The summed E-state index contributed by atoms with van der Waals surface area (Å²) in [6, 6.07) is 9.47. The number of fused-ring (bicyclic) bond motifs is 1. The SMILES string of the molecule is CC(=O)c1cccc(Nc2ncnc3sc(C)cc23)c1. The van der Waals surface area contributed by atoms with E-state index in [1.165, 1.54) is 4.88 Å². The first kappa shape index (κ1) is 12.7. The third-order valence-corrected chi connectivity index (χ3v) is 3.94. The first-order valence-corrected chi connectivity index (χ1v) is 7.04. The molecule has 0 saturated heterocycles. The van der Waals surface area contributed by atoms with Gasteiger partial charge < -0.3 is 5.32 Å². The maximum atomic E-state index is 11.4. The molecule has 0 saturated carbocycles. The standard InChI is InChI=1S/C15H13N3OS/c1-9-6-13-14(16-8-17-15(13)20-9)18-12-5-3-4-11(7-12)10(2)19/h3-8H,1-2H3,(H,16,17,18). The van der Waals surface area contributed by atoms with Crippen molar-refractivity contribution in [1.82, 2.24) is 9.97 Å². The van der Waals surface area contributed by atoms with Crippen LogP contribution in [0.25, 0.3) is 10.2 Å². The molecular weight excluding hydrogens is 270 g/mol. The van der Waals surface area contributed by atoms with Crippen molar-refractivity contribution in [2.75, 3.05) is 5.32 Å². The highest BCUT2D eigenvalue weighted by Crippen LogP contribution is 2.29. The minimum Gasteiger partial charge on any atom is -0.340 e. The Labute approximate surface area is 120 Å². The predicted octanol–water partition coefficient (Wildman–Crippen LogP) is 3.95. The van der Waals surface area contributed by atoms with Crippen LogP contribution >= 0.6 is 11.3 Å². The molecule has 2 heterocycles. The molecule has 0 unspecified atom stereocenters. The number of Topliss-reactive ketones (excluding diaryl/α,β-unsaturated/α-hetero) is 1. The van der Waals surface area contributed by atoms with Gasteiger partial charge in [0.05, 0.1) is 5.39 Å². The smallest absolute Gasteiger partial charge is 0.159 e. The van der Waals surface area contributed by atoms with E-state index >= 15 is 0 Å². The number of carbonyl (C=O) groups excluding carboxylic acids is 1. The van der Waals surface area contributed by atoms with E-state index < -0.39 is 0 Å². The molecule has 0 spiro atoms. The van der Waals surface area contributed by atoms with Gasteiger partial charge in [0.1, 0.15) is 17.0 Å². The fourth-order valence-electron chi connectivity index (χ4n) is 2.03. The van der Waals surface area contributed by atoms with E-state index in [0.717, 1.165) is 21.7 Å². The molecule has 1 aromatic carbocycles. The number of ketones is 1. The zero-order chi connectivity index (χ0) is 14.1. The molecule has 0 aliphatic rings. The number of anilines is 2. The fourth-order valence-corrected chi connectivity index (χ4v) is 2.88. The van der Waals surface area contributed by atoms with Crippen LogP contribution in [0.2, 0.25) is 0 Å². The Kier molecular flexibility index (Phi) is 3.20. The number of aryl methyl sites for hydroxylation is 1. The van der Waals surface area contributed by atoms with Crippen molar-refractivity contribution in [3.05, 3.63) is 47.1 Å². The van der Waals surface area contributed by atoms with Crippen LogP contribution in [0, 0.1) is 6.92 Å². The van der Waals surface area contributed by atoms with Crippen LogP contribution in [0.5, 0.6) is 0 Å². The summed E-state index contributed by atoms with van der Waals surface area (Å²) in [6.45, 7) is 3.61. The summed E-state index contributed by atoms with van der Waals surface area (Å²) in [5.41, 5.74) is 1.53. The molecule has 20 heavy (non-hydrogen) atoms. The van der Waals surface area contributed by atoms with E-state index in [2.05, 4.69) is 21.4 Å². The Morgan fingerprint density at radius 1 is 1.25 bits per heavy atom. The summed E-state index contributed by atoms with van der Waals surface area (Å²) >= 11 is 1.64. The van der Waals surface area contributed by atoms with Crippen molar-refractivity contribution in [2.24, 2.45) is 0 Å². The van der Waals surface area contributed by atoms with Crippen LogP contribution < -0.4 is 5.32 Å². The molecule has 0 bridgehead atoms. The third-order valence-electron chi connectivity index (χ3n) is 2.98. The first-order chi connectivity index (χ1) is 9.63. The second kappa shape index (κ2) is 5.02. The summed E-state index contributed by atoms with van der Waals surface area (Å²) < 4.78 is 0. The zero-order valence-electron chi connectivity index (χ0n) is 11.2. The fraction of sp³-hybridized carbons (Fsp3) is 0.133. The molecule has 5 heteroatoms. The normalized spacial score (nSPS) is 10.7. The molecule has 2 aromatic heterocycles. The van der Waals surface area contributed by atoms with Gasteiger partial charge in [-0.1, -0.05) is 12.1 Å². The lowest BCUT2D eigenvalue weighted by atomic mass is 10.1. The third kappa shape index (κ3) is 2.40. The molecule has 100 valence electrons. The summed E-state index contributed by atoms with van der Waals surface area (Å²) in [6.07, 6.45) is 1.55. The van der Waals surface area contributed by atoms with Gasteiger partial charge in [0.25, 0.3) is 0 Å². The Morgan fingerprint density at radius 3 is 2.90 bits per heavy atom. The van der Waals surface area contributed by atoms with Crippen molar-refractivity contribution in [1.29, 1.82) is 0 Å². The molecule has 0 radical (unpaired) electrons. The van der Waals surface area contributed by atoms with Gasteiger partial charge in [-0.05, 0) is 32.0 Å². The summed E-state index contributed by atoms with van der Waals surface area (Å²) in [7, 11) is 0. The molecule has 0 aliphatic heterocycles. The molecule has 3 rings (SSSR count). The number of carbonyl (C=O) groups is 1. The Bertz CT molecular complexity index is 795. The van der Waals surface area contributed by atoms with Gasteiger partial charge in [0.2, 0.25) is 0 Å². The molecule has 4 nitrogen and oxygen atoms in total. The van der Waals surface area contributed by atoms with Gasteiger partial charge in [0, 0.05) is 16.1 Å². The van der Waals surface area contributed by atoms with Gasteiger partial charge in [-0.3, -0.25) is 4.79 Å². The second-order valence-corrected chi connectivity index (χ2v) is 5.79. The molecule has 0 atom stereocenters. The molecule has 1 N–H and O–H groups in total. The van der Waals surface area contributed by atoms with E-state index in [1.54, 1.807) is 30.7 Å². The molecule has 0 aliphatic carbocycles. The van der Waals surface area contributed by atoms with Crippen LogP contribution in [0.15, 0.2) is 36.7 Å². The number of rotatable bonds is 3. The number of hydrogen-bond acceptors (Lipinski definition) is 5. The average Bonchev–Trinajstić information content (AvgIpc) is 2.80. The Balaban J connectivity index is 2.01. The maximum Gasteiger partial charge on any atom is 0.159 e. The van der Waals surface area contributed by atoms with Crippen molar-refractivity contribution in [2.45, 2.75) is 13.8 Å². The minimum atomic E-state index is 0.0489. The molecule has 3 aromatic rings. The van der Waals surface area contributed by atoms with E-state index in [-0.39, 0.29) is 5.78 Å². The second-order valence-electron chi connectivity index (χ2n) is 4.56. The van der Waals surface area contributed by atoms with E-state index in [1.807, 2.05) is 25.1 Å². The van der Waals surface area contributed by atoms with Crippen LogP contribution in [0.3, 0.4) is 0 Å². The number of thiophene rings is 1. The lowest BCUT2D eigenvalue weighted by Crippen LogP contribution is -1.97.